The topological polar surface area (TPSA) is 38.1 Å². The van der Waals surface area contributed by atoms with Crippen LogP contribution in [0.25, 0.3) is 10.2 Å². The third-order valence-corrected chi connectivity index (χ3v) is 3.95. The van der Waals surface area contributed by atoms with Crippen molar-refractivity contribution in [3.63, 3.8) is 0 Å². The van der Waals surface area contributed by atoms with Crippen molar-refractivity contribution < 1.29 is 4.42 Å². The summed E-state index contributed by atoms with van der Waals surface area (Å²) in [6, 6.07) is 10.6. The van der Waals surface area contributed by atoms with Crippen LogP contribution in [0.1, 0.15) is 18.2 Å². The average Bonchev–Trinajstić information content (AvgIpc) is 2.97. The van der Waals surface area contributed by atoms with E-state index in [1.54, 1.807) is 17.6 Å². The molecule has 0 radical (unpaired) electrons. The Labute approximate surface area is 116 Å². The number of hydrogen-bond acceptors (Lipinski definition) is 4. The number of aromatic nitrogens is 1. The molecule has 4 heteroatoms. The fraction of sp³-hybridized carbons (Fsp3) is 0.267. The molecule has 3 rings (SSSR count). The number of nitrogens with one attached hydrogen (secondary N) is 1. The number of aryl methyl sites for hydroxylation is 1. The van der Waals surface area contributed by atoms with Gasteiger partial charge in [-0.15, -0.1) is 0 Å². The van der Waals surface area contributed by atoms with Crippen molar-refractivity contribution in [3.8, 4) is 0 Å². The van der Waals surface area contributed by atoms with E-state index in [0.29, 0.717) is 6.04 Å². The van der Waals surface area contributed by atoms with Gasteiger partial charge in [0.15, 0.2) is 5.13 Å². The third kappa shape index (κ3) is 2.79. The highest BCUT2D eigenvalue weighted by molar-refractivity contribution is 7.22. The Bertz CT molecular complexity index is 673. The van der Waals surface area contributed by atoms with E-state index in [1.807, 2.05) is 12.1 Å². The zero-order valence-corrected chi connectivity index (χ0v) is 11.8. The molecule has 2 heterocycles. The predicted octanol–water partition coefficient (Wildman–Crippen LogP) is 4.24. The molecule has 0 aliphatic rings. The van der Waals surface area contributed by atoms with Crippen molar-refractivity contribution >= 4 is 26.7 Å². The molecule has 3 nitrogen and oxygen atoms in total. The molecule has 0 saturated heterocycles. The number of benzene rings is 1. The molecule has 0 spiro atoms. The van der Waals surface area contributed by atoms with Crippen molar-refractivity contribution in [1.82, 2.24) is 4.98 Å². The first-order chi connectivity index (χ1) is 9.20. The molecular weight excluding hydrogens is 256 g/mol. The van der Waals surface area contributed by atoms with Gasteiger partial charge in [-0.25, -0.2) is 4.98 Å². The summed E-state index contributed by atoms with van der Waals surface area (Å²) < 4.78 is 6.59. The van der Waals surface area contributed by atoms with Gasteiger partial charge in [-0.1, -0.05) is 17.4 Å². The Balaban J connectivity index is 1.74. The van der Waals surface area contributed by atoms with Crippen LogP contribution in [-0.2, 0) is 6.42 Å². The highest BCUT2D eigenvalue weighted by Gasteiger charge is 2.09. The zero-order chi connectivity index (χ0) is 13.2. The summed E-state index contributed by atoms with van der Waals surface area (Å²) in [4.78, 5) is 4.60. The molecule has 0 amide bonds. The van der Waals surface area contributed by atoms with Crippen molar-refractivity contribution in [2.45, 2.75) is 26.3 Å². The largest absolute Gasteiger partial charge is 0.469 e. The van der Waals surface area contributed by atoms with Crippen LogP contribution in [0.15, 0.2) is 41.0 Å². The second-order valence-electron chi connectivity index (χ2n) is 4.82. The normalized spacial score (nSPS) is 12.7. The Morgan fingerprint density at radius 1 is 1.37 bits per heavy atom. The minimum Gasteiger partial charge on any atom is -0.469 e. The number of fused-ring (bicyclic) bond motifs is 1. The first kappa shape index (κ1) is 12.2. The van der Waals surface area contributed by atoms with Crippen molar-refractivity contribution in [2.75, 3.05) is 5.32 Å². The Hall–Kier alpha value is -1.81. The molecule has 1 N–H and O–H groups in total. The summed E-state index contributed by atoms with van der Waals surface area (Å²) in [5.41, 5.74) is 2.33. The van der Waals surface area contributed by atoms with Crippen LogP contribution in [0.3, 0.4) is 0 Å². The fourth-order valence-electron chi connectivity index (χ4n) is 2.09. The van der Waals surface area contributed by atoms with Crippen LogP contribution < -0.4 is 5.32 Å². The van der Waals surface area contributed by atoms with E-state index >= 15 is 0 Å². The number of anilines is 1. The summed E-state index contributed by atoms with van der Waals surface area (Å²) >= 11 is 1.70. The molecule has 3 aromatic rings. The number of rotatable bonds is 4. The van der Waals surface area contributed by atoms with Gasteiger partial charge in [-0.05, 0) is 43.7 Å². The number of hydrogen-bond donors (Lipinski definition) is 1. The summed E-state index contributed by atoms with van der Waals surface area (Å²) in [5, 5.41) is 4.41. The van der Waals surface area contributed by atoms with Crippen LogP contribution in [0, 0.1) is 6.92 Å². The Morgan fingerprint density at radius 3 is 3.05 bits per heavy atom. The van der Waals surface area contributed by atoms with E-state index in [-0.39, 0.29) is 0 Å². The number of furan rings is 1. The summed E-state index contributed by atoms with van der Waals surface area (Å²) in [6.45, 7) is 4.24. The van der Waals surface area contributed by atoms with Gasteiger partial charge in [0.05, 0.1) is 16.5 Å². The van der Waals surface area contributed by atoms with Gasteiger partial charge in [0.1, 0.15) is 5.76 Å². The van der Waals surface area contributed by atoms with Crippen LogP contribution in [0.4, 0.5) is 5.13 Å². The summed E-state index contributed by atoms with van der Waals surface area (Å²) in [5.74, 6) is 0.997. The minimum atomic E-state index is 0.299. The van der Waals surface area contributed by atoms with Gasteiger partial charge in [0.2, 0.25) is 0 Å². The Morgan fingerprint density at radius 2 is 2.26 bits per heavy atom. The maximum Gasteiger partial charge on any atom is 0.184 e. The van der Waals surface area contributed by atoms with Crippen LogP contribution >= 0.6 is 11.3 Å². The van der Waals surface area contributed by atoms with Crippen LogP contribution in [0.2, 0.25) is 0 Å². The SMILES string of the molecule is Cc1ccc2nc(NC(C)Cc3ccco3)sc2c1. The van der Waals surface area contributed by atoms with E-state index < -0.39 is 0 Å². The molecule has 0 aliphatic carbocycles. The monoisotopic (exact) mass is 272 g/mol. The zero-order valence-electron chi connectivity index (χ0n) is 11.0. The Kier molecular flexibility index (Phi) is 3.25. The molecule has 1 unspecified atom stereocenters. The van der Waals surface area contributed by atoms with Crippen LogP contribution in [0.5, 0.6) is 0 Å². The van der Waals surface area contributed by atoms with E-state index in [9.17, 15) is 0 Å². The molecule has 0 aliphatic heterocycles. The van der Waals surface area contributed by atoms with Crippen molar-refractivity contribution in [1.29, 1.82) is 0 Å². The van der Waals surface area contributed by atoms with Gasteiger partial charge in [0, 0.05) is 12.5 Å². The van der Waals surface area contributed by atoms with Crippen molar-refractivity contribution in [2.24, 2.45) is 0 Å². The molecule has 1 atom stereocenters. The first-order valence-corrected chi connectivity index (χ1v) is 7.18. The van der Waals surface area contributed by atoms with Gasteiger partial charge in [-0.3, -0.25) is 0 Å². The number of thiazole rings is 1. The molecule has 19 heavy (non-hydrogen) atoms. The molecule has 98 valence electrons. The standard InChI is InChI=1S/C15H16N2OS/c1-10-5-6-13-14(8-10)19-15(17-13)16-11(2)9-12-4-3-7-18-12/h3-8,11H,9H2,1-2H3,(H,16,17). The second kappa shape index (κ2) is 5.05. The fourth-order valence-corrected chi connectivity index (χ4v) is 3.16. The van der Waals surface area contributed by atoms with Gasteiger partial charge >= 0.3 is 0 Å². The smallest absolute Gasteiger partial charge is 0.184 e. The lowest BCUT2D eigenvalue weighted by molar-refractivity contribution is 0.498. The van der Waals surface area contributed by atoms with E-state index in [0.717, 1.165) is 22.8 Å². The summed E-state index contributed by atoms with van der Waals surface area (Å²) in [7, 11) is 0. The molecule has 2 aromatic heterocycles. The van der Waals surface area contributed by atoms with E-state index in [2.05, 4.69) is 42.3 Å². The van der Waals surface area contributed by atoms with Gasteiger partial charge in [0.25, 0.3) is 0 Å². The highest BCUT2D eigenvalue weighted by atomic mass is 32.1. The molecule has 0 fully saturated rings. The summed E-state index contributed by atoms with van der Waals surface area (Å²) in [6.07, 6.45) is 2.57. The maximum atomic E-state index is 5.36. The molecule has 1 aromatic carbocycles. The molecule has 0 saturated carbocycles. The van der Waals surface area contributed by atoms with Gasteiger partial charge < -0.3 is 9.73 Å². The predicted molar refractivity (Wildman–Crippen MR) is 79.9 cm³/mol. The lowest BCUT2D eigenvalue weighted by Crippen LogP contribution is -2.17. The number of nitrogens with zero attached hydrogens (tertiary/aromatic N) is 1. The molecular formula is C15H16N2OS. The van der Waals surface area contributed by atoms with E-state index in [4.69, 9.17) is 4.42 Å². The highest BCUT2D eigenvalue weighted by Crippen LogP contribution is 2.27. The van der Waals surface area contributed by atoms with Crippen molar-refractivity contribution in [3.05, 3.63) is 47.9 Å². The second-order valence-corrected chi connectivity index (χ2v) is 5.85. The van der Waals surface area contributed by atoms with Gasteiger partial charge in [-0.2, -0.15) is 0 Å². The molecule has 0 bridgehead atoms. The van der Waals surface area contributed by atoms with E-state index in [1.165, 1.54) is 10.3 Å². The quantitative estimate of drug-likeness (QED) is 0.772. The van der Waals surface area contributed by atoms with Crippen LogP contribution in [-0.4, -0.2) is 11.0 Å². The lowest BCUT2D eigenvalue weighted by atomic mass is 10.2. The lowest BCUT2D eigenvalue weighted by Gasteiger charge is -2.10. The third-order valence-electron chi connectivity index (χ3n) is 3.00. The minimum absolute atomic E-state index is 0.299. The average molecular weight is 272 g/mol. The first-order valence-electron chi connectivity index (χ1n) is 6.37. The maximum absolute atomic E-state index is 5.36.